The van der Waals surface area contributed by atoms with Crippen LogP contribution < -0.4 is 21.3 Å². The van der Waals surface area contributed by atoms with Crippen LogP contribution in [0, 0.1) is 46.3 Å². The Morgan fingerprint density at radius 1 is 0.833 bits per heavy atom. The van der Waals surface area contributed by atoms with Crippen LogP contribution in [0.3, 0.4) is 0 Å². The molecule has 0 bridgehead atoms. The Hall–Kier alpha value is -2.02. The van der Waals surface area contributed by atoms with E-state index in [0.717, 1.165) is 92.6 Å². The van der Waals surface area contributed by atoms with E-state index in [9.17, 15) is 14.4 Å². The number of rotatable bonds is 25. The lowest BCUT2D eigenvalue weighted by molar-refractivity contribution is -0.121. The number of amides is 4. The number of nitrogens with one attached hydrogen (secondary N) is 4. The largest absolute Gasteiger partial charge is 0.446 e. The molecule has 11 atom stereocenters. The number of hydrogen-bond acceptors (Lipinski definition) is 8. The number of ether oxygens (including phenoxy) is 4. The number of allylic oxidation sites excluding steroid dienone is 1. The zero-order chi connectivity index (χ0) is 42.5. The number of thioether (sulfide) groups is 1. The Balaban J connectivity index is 0.730. The summed E-state index contributed by atoms with van der Waals surface area (Å²) < 4.78 is 22.9. The lowest BCUT2D eigenvalue weighted by Crippen LogP contribution is -2.51. The van der Waals surface area contributed by atoms with E-state index in [1.165, 1.54) is 51.4 Å². The molecule has 4 N–H and O–H groups in total. The monoisotopic (exact) mass is 859 g/mol. The lowest BCUT2D eigenvalue weighted by Gasteiger charge is -2.58. The molecule has 2 aliphatic heterocycles. The maximum atomic E-state index is 12.7. The van der Waals surface area contributed by atoms with Crippen LogP contribution in [0.15, 0.2) is 11.6 Å². The molecule has 0 unspecified atom stereocenters. The first kappa shape index (κ1) is 47.5. The van der Waals surface area contributed by atoms with Crippen LogP contribution >= 0.6 is 11.8 Å². The average molecular weight is 859 g/mol. The predicted molar refractivity (Wildman–Crippen MR) is 240 cm³/mol. The van der Waals surface area contributed by atoms with Gasteiger partial charge in [0, 0.05) is 50.1 Å². The van der Waals surface area contributed by atoms with Gasteiger partial charge < -0.3 is 40.2 Å². The number of carbonyl (C=O) groups excluding carboxylic acids is 3. The standard InChI is InChI=1S/C48H82N4O7S/c1-33(2)11-8-12-34(3)38-17-18-39-37-16-15-35-31-36(19-21-47(35,4)40(37)20-22-48(38,39)5)59-46(55)50-24-10-26-57-28-30-58-29-27-56-25-9-23-49-43(53)14-7-6-13-42-44-41(32-60-42)51-45(54)52-44/h15,33-34,36-42,44H,6-14,16-32H2,1-5H3,(H,49,53)(H,50,55)(H2,51,52,54)/t34-,36+,37+,38-,39+,40+,41+,42+,44+,47+,48-/m1/s1. The maximum Gasteiger partial charge on any atom is 0.407 e. The molecule has 5 fully saturated rings. The quantitative estimate of drug-likeness (QED) is 0.0407. The van der Waals surface area contributed by atoms with E-state index >= 15 is 0 Å². The van der Waals surface area contributed by atoms with E-state index in [0.29, 0.717) is 69.8 Å². The molecule has 6 rings (SSSR count). The molecule has 12 heteroatoms. The smallest absolute Gasteiger partial charge is 0.407 e. The molecule has 4 amide bonds. The number of urea groups is 1. The Morgan fingerprint density at radius 2 is 1.57 bits per heavy atom. The Bertz CT molecular complexity index is 1420. The normalized spacial score (nSPS) is 33.5. The van der Waals surface area contributed by atoms with E-state index in [-0.39, 0.29) is 41.6 Å². The van der Waals surface area contributed by atoms with Crippen LogP contribution in [-0.2, 0) is 23.7 Å². The van der Waals surface area contributed by atoms with Gasteiger partial charge in [-0.15, -0.1) is 0 Å². The van der Waals surface area contributed by atoms with Gasteiger partial charge in [0.05, 0.1) is 38.5 Å². The first-order valence-corrected chi connectivity index (χ1v) is 25.4. The fourth-order valence-corrected chi connectivity index (χ4v) is 14.2. The highest BCUT2D eigenvalue weighted by atomic mass is 32.2. The van der Waals surface area contributed by atoms with Gasteiger partial charge in [-0.25, -0.2) is 9.59 Å². The highest BCUT2D eigenvalue weighted by Gasteiger charge is 2.59. The van der Waals surface area contributed by atoms with Gasteiger partial charge >= 0.3 is 12.1 Å². The molecule has 0 aromatic carbocycles. The van der Waals surface area contributed by atoms with E-state index < -0.39 is 0 Å². The van der Waals surface area contributed by atoms with E-state index in [2.05, 4.69) is 62.0 Å². The third kappa shape index (κ3) is 12.6. The second-order valence-electron chi connectivity index (χ2n) is 20.2. The second-order valence-corrected chi connectivity index (χ2v) is 21.5. The molecule has 2 heterocycles. The van der Waals surface area contributed by atoms with Crippen molar-refractivity contribution in [1.29, 1.82) is 0 Å². The Kier molecular flexibility index (Phi) is 18.2. The summed E-state index contributed by atoms with van der Waals surface area (Å²) in [5.74, 6) is 6.06. The minimum Gasteiger partial charge on any atom is -0.446 e. The van der Waals surface area contributed by atoms with Crippen molar-refractivity contribution in [2.24, 2.45) is 46.3 Å². The van der Waals surface area contributed by atoms with E-state index in [4.69, 9.17) is 18.9 Å². The van der Waals surface area contributed by atoms with Crippen LogP contribution in [-0.4, -0.2) is 100.0 Å². The minimum atomic E-state index is -0.306. The number of unbranched alkanes of at least 4 members (excludes halogenated alkanes) is 1. The molecule has 2 saturated heterocycles. The van der Waals surface area contributed by atoms with Crippen molar-refractivity contribution >= 4 is 29.8 Å². The van der Waals surface area contributed by atoms with Crippen LogP contribution in [0.5, 0.6) is 0 Å². The highest BCUT2D eigenvalue weighted by molar-refractivity contribution is 8.00. The van der Waals surface area contributed by atoms with Gasteiger partial charge in [0.2, 0.25) is 5.91 Å². The number of hydrogen-bond donors (Lipinski definition) is 4. The zero-order valence-corrected chi connectivity index (χ0v) is 38.8. The SMILES string of the molecule is CC(C)CCC[C@@H](C)[C@H]1CC[C@H]2[C@@H]3CC=C4C[C@@H](OC(=O)NCCCOCCOCCOCCCNC(=O)CCCC[C@@H]5SC[C@@H]6NC(=O)N[C@@H]65)CC[C@]4(C)[C@H]3CC[C@]12C. The van der Waals surface area contributed by atoms with Gasteiger partial charge in [-0.2, -0.15) is 11.8 Å². The van der Waals surface area contributed by atoms with Crippen molar-refractivity contribution in [3.8, 4) is 0 Å². The predicted octanol–water partition coefficient (Wildman–Crippen LogP) is 8.79. The molecule has 11 nitrogen and oxygen atoms in total. The summed E-state index contributed by atoms with van der Waals surface area (Å²) in [6.45, 7) is 16.8. The minimum absolute atomic E-state index is 0.0333. The van der Waals surface area contributed by atoms with Gasteiger partial charge in [0.15, 0.2) is 0 Å². The fourth-order valence-electron chi connectivity index (χ4n) is 12.6. The molecule has 342 valence electrons. The van der Waals surface area contributed by atoms with Gasteiger partial charge in [-0.3, -0.25) is 4.79 Å². The summed E-state index contributed by atoms with van der Waals surface area (Å²) in [7, 11) is 0. The number of carbonyl (C=O) groups is 3. The maximum absolute atomic E-state index is 12.7. The van der Waals surface area contributed by atoms with Gasteiger partial charge in [-0.05, 0) is 117 Å². The topological polar surface area (TPSA) is 136 Å². The summed E-state index contributed by atoms with van der Waals surface area (Å²) in [5.41, 5.74) is 2.33. The summed E-state index contributed by atoms with van der Waals surface area (Å²) in [6, 6.07) is 0.431. The lowest BCUT2D eigenvalue weighted by atomic mass is 9.47. The molecule has 6 aliphatic rings. The molecule has 4 aliphatic carbocycles. The first-order valence-electron chi connectivity index (χ1n) is 24.3. The molecule has 60 heavy (non-hydrogen) atoms. The second kappa shape index (κ2) is 23.1. The fraction of sp³-hybridized carbons (Fsp3) is 0.896. The van der Waals surface area contributed by atoms with Gasteiger partial charge in [0.1, 0.15) is 6.10 Å². The van der Waals surface area contributed by atoms with Crippen molar-refractivity contribution in [3.63, 3.8) is 0 Å². The summed E-state index contributed by atoms with van der Waals surface area (Å²) in [4.78, 5) is 36.4. The number of alkyl carbamates (subject to hydrolysis) is 1. The highest BCUT2D eigenvalue weighted by Crippen LogP contribution is 2.67. The first-order chi connectivity index (χ1) is 29.0. The summed E-state index contributed by atoms with van der Waals surface area (Å²) in [5, 5.41) is 12.4. The summed E-state index contributed by atoms with van der Waals surface area (Å²) >= 11 is 1.92. The van der Waals surface area contributed by atoms with E-state index in [1.54, 1.807) is 5.57 Å². The Morgan fingerprint density at radius 3 is 2.32 bits per heavy atom. The molecule has 0 aromatic rings. The van der Waals surface area contributed by atoms with Crippen LogP contribution in [0.4, 0.5) is 9.59 Å². The van der Waals surface area contributed by atoms with Crippen LogP contribution in [0.1, 0.15) is 144 Å². The summed E-state index contributed by atoms with van der Waals surface area (Å²) in [6.07, 6.45) is 21.1. The van der Waals surface area contributed by atoms with Crippen molar-refractivity contribution < 1.29 is 33.3 Å². The van der Waals surface area contributed by atoms with Crippen molar-refractivity contribution in [2.75, 3.05) is 58.5 Å². The van der Waals surface area contributed by atoms with Crippen LogP contribution in [0.2, 0.25) is 0 Å². The molecule has 0 spiro atoms. The van der Waals surface area contributed by atoms with Gasteiger partial charge in [-0.1, -0.05) is 72.0 Å². The van der Waals surface area contributed by atoms with Crippen molar-refractivity contribution in [1.82, 2.24) is 21.3 Å². The van der Waals surface area contributed by atoms with Crippen LogP contribution in [0.25, 0.3) is 0 Å². The molecular formula is C48H82N4O7S. The number of fused-ring (bicyclic) bond motifs is 6. The molecule has 0 radical (unpaired) electrons. The third-order valence-electron chi connectivity index (χ3n) is 15.9. The molecule has 0 aromatic heterocycles. The average Bonchev–Trinajstić information content (AvgIpc) is 3.89. The van der Waals surface area contributed by atoms with Crippen molar-refractivity contribution in [3.05, 3.63) is 11.6 Å². The van der Waals surface area contributed by atoms with Gasteiger partial charge in [0.25, 0.3) is 0 Å². The third-order valence-corrected chi connectivity index (χ3v) is 17.4. The van der Waals surface area contributed by atoms with E-state index in [1.807, 2.05) is 11.8 Å². The Labute approximate surface area is 366 Å². The molecule has 3 saturated carbocycles. The molecular weight excluding hydrogens is 777 g/mol. The van der Waals surface area contributed by atoms with Crippen molar-refractivity contribution in [2.45, 2.75) is 167 Å². The zero-order valence-electron chi connectivity index (χ0n) is 38.0.